The van der Waals surface area contributed by atoms with Crippen LogP contribution in [0.5, 0.6) is 11.5 Å². The van der Waals surface area contributed by atoms with Gasteiger partial charge in [-0.15, -0.1) is 0 Å². The molecule has 1 saturated heterocycles. The Morgan fingerprint density at radius 3 is 2.50 bits per heavy atom. The van der Waals surface area contributed by atoms with Gasteiger partial charge in [0, 0.05) is 13.1 Å². The number of carbonyl (C=O) groups excluding carboxylic acids is 1. The van der Waals surface area contributed by atoms with Crippen molar-refractivity contribution in [1.82, 2.24) is 9.62 Å². The second-order valence-electron chi connectivity index (χ2n) is 7.39. The van der Waals surface area contributed by atoms with Crippen LogP contribution >= 0.6 is 0 Å². The van der Waals surface area contributed by atoms with Crippen LogP contribution in [0.25, 0.3) is 0 Å². The highest BCUT2D eigenvalue weighted by atomic mass is 32.2. The van der Waals surface area contributed by atoms with Gasteiger partial charge >= 0.3 is 0 Å². The highest BCUT2D eigenvalue weighted by molar-refractivity contribution is 7.89. The van der Waals surface area contributed by atoms with Gasteiger partial charge in [-0.3, -0.25) is 4.79 Å². The molecule has 7 nitrogen and oxygen atoms in total. The lowest BCUT2D eigenvalue weighted by atomic mass is 9.98. The Balaban J connectivity index is 1.56. The smallest absolute Gasteiger partial charge is 0.243 e. The molecule has 2 aromatic carbocycles. The lowest BCUT2D eigenvalue weighted by Crippen LogP contribution is -2.48. The summed E-state index contributed by atoms with van der Waals surface area (Å²) in [5, 5.41) is 2.94. The van der Waals surface area contributed by atoms with E-state index in [1.165, 1.54) is 4.31 Å². The molecular formula is C22H28N2O5S. The molecule has 1 N–H and O–H groups in total. The number of methoxy groups -OCH3 is 1. The van der Waals surface area contributed by atoms with E-state index in [1.807, 2.05) is 25.1 Å². The molecule has 1 amide bonds. The number of nitrogens with zero attached hydrogens (tertiary/aromatic N) is 1. The molecule has 2 aromatic rings. The normalized spacial score (nSPS) is 18.4. The molecule has 1 fully saturated rings. The van der Waals surface area contributed by atoms with E-state index in [-0.39, 0.29) is 35.9 Å². The summed E-state index contributed by atoms with van der Waals surface area (Å²) in [6.45, 7) is 2.75. The maximum Gasteiger partial charge on any atom is 0.243 e. The summed E-state index contributed by atoms with van der Waals surface area (Å²) in [6.07, 6.45) is 1.31. The van der Waals surface area contributed by atoms with Gasteiger partial charge in [0.15, 0.2) is 11.5 Å². The summed E-state index contributed by atoms with van der Waals surface area (Å²) in [5.41, 5.74) is 0. The molecule has 162 valence electrons. The van der Waals surface area contributed by atoms with Crippen molar-refractivity contribution < 1.29 is 22.7 Å². The average molecular weight is 433 g/mol. The SMILES string of the molecule is COc1ccccc1OC[C@@H](C)NC(=O)[C@@H]1CCCN(S(=O)(=O)c2ccccc2)C1. The third-order valence-electron chi connectivity index (χ3n) is 5.08. The Labute approximate surface area is 178 Å². The number of para-hydroxylation sites is 2. The van der Waals surface area contributed by atoms with Gasteiger partial charge in [-0.1, -0.05) is 30.3 Å². The van der Waals surface area contributed by atoms with Crippen molar-refractivity contribution in [3.05, 3.63) is 54.6 Å². The number of carbonyl (C=O) groups is 1. The molecule has 30 heavy (non-hydrogen) atoms. The molecule has 0 bridgehead atoms. The number of hydrogen-bond acceptors (Lipinski definition) is 5. The molecular weight excluding hydrogens is 404 g/mol. The van der Waals surface area contributed by atoms with Gasteiger partial charge in [0.1, 0.15) is 6.61 Å². The predicted octanol–water partition coefficient (Wildman–Crippen LogP) is 2.68. The summed E-state index contributed by atoms with van der Waals surface area (Å²) < 4.78 is 38.2. The molecule has 0 spiro atoms. The lowest BCUT2D eigenvalue weighted by Gasteiger charge is -2.31. The Kier molecular flexibility index (Phi) is 7.33. The molecule has 0 aromatic heterocycles. The third kappa shape index (κ3) is 5.31. The molecule has 0 unspecified atom stereocenters. The molecule has 1 aliphatic rings. The van der Waals surface area contributed by atoms with Crippen LogP contribution in [0.1, 0.15) is 19.8 Å². The van der Waals surface area contributed by atoms with Gasteiger partial charge in [-0.05, 0) is 44.0 Å². The second-order valence-corrected chi connectivity index (χ2v) is 9.32. The number of benzene rings is 2. The number of ether oxygens (including phenoxy) is 2. The maximum absolute atomic E-state index is 12.9. The Bertz CT molecular complexity index is 949. The third-order valence-corrected chi connectivity index (χ3v) is 6.96. The minimum Gasteiger partial charge on any atom is -0.493 e. The summed E-state index contributed by atoms with van der Waals surface area (Å²) in [7, 11) is -2.02. The van der Waals surface area contributed by atoms with Crippen LogP contribution in [0.4, 0.5) is 0 Å². The minimum atomic E-state index is -3.60. The molecule has 0 radical (unpaired) electrons. The standard InChI is InChI=1S/C22H28N2O5S/c1-17(16-29-21-13-7-6-12-20(21)28-2)23-22(25)18-9-8-14-24(15-18)30(26,27)19-10-4-3-5-11-19/h3-7,10-13,17-18H,8-9,14-16H2,1-2H3,(H,23,25)/t17-,18-/m1/s1. The quantitative estimate of drug-likeness (QED) is 0.693. The van der Waals surface area contributed by atoms with E-state index in [0.29, 0.717) is 30.9 Å². The van der Waals surface area contributed by atoms with Gasteiger partial charge in [0.2, 0.25) is 15.9 Å². The average Bonchev–Trinajstić information content (AvgIpc) is 2.78. The van der Waals surface area contributed by atoms with E-state index >= 15 is 0 Å². The van der Waals surface area contributed by atoms with Gasteiger partial charge < -0.3 is 14.8 Å². The molecule has 0 aliphatic carbocycles. The zero-order chi connectivity index (χ0) is 21.6. The van der Waals surface area contributed by atoms with Crippen molar-refractivity contribution in [2.45, 2.75) is 30.7 Å². The van der Waals surface area contributed by atoms with Crippen molar-refractivity contribution in [2.24, 2.45) is 5.92 Å². The molecule has 2 atom stereocenters. The fourth-order valence-electron chi connectivity index (χ4n) is 3.47. The second kappa shape index (κ2) is 9.95. The number of amides is 1. The van der Waals surface area contributed by atoms with Crippen molar-refractivity contribution in [1.29, 1.82) is 0 Å². The van der Waals surface area contributed by atoms with Gasteiger partial charge in [-0.25, -0.2) is 8.42 Å². The molecule has 0 saturated carbocycles. The van der Waals surface area contributed by atoms with Crippen LogP contribution < -0.4 is 14.8 Å². The molecule has 1 aliphatic heterocycles. The van der Waals surface area contributed by atoms with Crippen molar-refractivity contribution in [3.8, 4) is 11.5 Å². The number of piperidine rings is 1. The van der Waals surface area contributed by atoms with E-state index in [0.717, 1.165) is 0 Å². The van der Waals surface area contributed by atoms with Gasteiger partial charge in [0.25, 0.3) is 0 Å². The van der Waals surface area contributed by atoms with Crippen LogP contribution in [0.15, 0.2) is 59.5 Å². The molecule has 3 rings (SSSR count). The number of sulfonamides is 1. The topological polar surface area (TPSA) is 84.9 Å². The zero-order valence-electron chi connectivity index (χ0n) is 17.3. The first-order chi connectivity index (χ1) is 14.4. The van der Waals surface area contributed by atoms with E-state index in [1.54, 1.807) is 43.5 Å². The lowest BCUT2D eigenvalue weighted by molar-refractivity contribution is -0.126. The van der Waals surface area contributed by atoms with Crippen LogP contribution in [-0.2, 0) is 14.8 Å². The first kappa shape index (κ1) is 22.1. The van der Waals surface area contributed by atoms with E-state index in [2.05, 4.69) is 5.32 Å². The monoisotopic (exact) mass is 432 g/mol. The minimum absolute atomic E-state index is 0.154. The van der Waals surface area contributed by atoms with Crippen LogP contribution in [0.3, 0.4) is 0 Å². The van der Waals surface area contributed by atoms with Crippen LogP contribution in [0, 0.1) is 5.92 Å². The highest BCUT2D eigenvalue weighted by Gasteiger charge is 2.33. The molecule has 8 heteroatoms. The Morgan fingerprint density at radius 2 is 1.80 bits per heavy atom. The first-order valence-electron chi connectivity index (χ1n) is 10.0. The molecule has 1 heterocycles. The highest BCUT2D eigenvalue weighted by Crippen LogP contribution is 2.26. The van der Waals surface area contributed by atoms with Gasteiger partial charge in [0.05, 0.1) is 24.0 Å². The van der Waals surface area contributed by atoms with Gasteiger partial charge in [-0.2, -0.15) is 4.31 Å². The number of hydrogen-bond donors (Lipinski definition) is 1. The fourth-order valence-corrected chi connectivity index (χ4v) is 5.02. The van der Waals surface area contributed by atoms with Crippen LogP contribution in [0.2, 0.25) is 0 Å². The first-order valence-corrected chi connectivity index (χ1v) is 11.5. The van der Waals surface area contributed by atoms with Crippen molar-refractivity contribution in [3.63, 3.8) is 0 Å². The Hall–Kier alpha value is -2.58. The Morgan fingerprint density at radius 1 is 1.13 bits per heavy atom. The maximum atomic E-state index is 12.9. The predicted molar refractivity (Wildman–Crippen MR) is 114 cm³/mol. The van der Waals surface area contributed by atoms with E-state index in [9.17, 15) is 13.2 Å². The van der Waals surface area contributed by atoms with Crippen molar-refractivity contribution in [2.75, 3.05) is 26.8 Å². The summed E-state index contributed by atoms with van der Waals surface area (Å²) >= 11 is 0. The fraction of sp³-hybridized carbons (Fsp3) is 0.409. The zero-order valence-corrected chi connectivity index (χ0v) is 18.1. The van der Waals surface area contributed by atoms with Crippen LogP contribution in [-0.4, -0.2) is 51.5 Å². The summed E-state index contributed by atoms with van der Waals surface area (Å²) in [5.74, 6) is 0.703. The largest absolute Gasteiger partial charge is 0.493 e. The van der Waals surface area contributed by atoms with Crippen molar-refractivity contribution >= 4 is 15.9 Å². The summed E-state index contributed by atoms with van der Waals surface area (Å²) in [6, 6.07) is 15.4. The van der Waals surface area contributed by atoms with E-state index in [4.69, 9.17) is 9.47 Å². The summed E-state index contributed by atoms with van der Waals surface area (Å²) in [4.78, 5) is 13.0. The number of rotatable bonds is 8. The number of nitrogens with one attached hydrogen (secondary N) is 1. The van der Waals surface area contributed by atoms with E-state index < -0.39 is 10.0 Å².